The van der Waals surface area contributed by atoms with Crippen molar-refractivity contribution in [2.45, 2.75) is 54.1 Å². The lowest BCUT2D eigenvalue weighted by Crippen LogP contribution is -2.52. The maximum Gasteiger partial charge on any atom is 0.337 e. The average molecular weight is 345 g/mol. The maximum absolute atomic E-state index is 11.9. The average Bonchev–Trinajstić information content (AvgIpc) is 2.60. The minimum atomic E-state index is -0.324. The molecule has 2 rings (SSSR count). The quantitative estimate of drug-likeness (QED) is 0.765. The summed E-state index contributed by atoms with van der Waals surface area (Å²) in [5.41, 5.74) is 0.580. The number of esters is 1. The molecule has 23 heavy (non-hydrogen) atoms. The molecule has 1 N–H and O–H groups in total. The van der Waals surface area contributed by atoms with Crippen LogP contribution in [0.4, 0.5) is 0 Å². The molecule has 2 aliphatic heterocycles. The van der Waals surface area contributed by atoms with Gasteiger partial charge >= 0.3 is 5.97 Å². The van der Waals surface area contributed by atoms with Gasteiger partial charge in [-0.3, -0.25) is 4.90 Å². The third-order valence-corrected chi connectivity index (χ3v) is 4.34. The number of nitrogens with one attached hydrogen (secondary N) is 1. The van der Waals surface area contributed by atoms with Crippen molar-refractivity contribution in [2.24, 2.45) is 11.8 Å². The summed E-state index contributed by atoms with van der Waals surface area (Å²) in [7, 11) is 1.40. The third kappa shape index (κ3) is 6.19. The van der Waals surface area contributed by atoms with Crippen LogP contribution in [-0.4, -0.2) is 37.2 Å². The minimum absolute atomic E-state index is 0.134. The molecule has 134 valence electrons. The number of dihydropyridines is 1. The van der Waals surface area contributed by atoms with Gasteiger partial charge in [0.25, 0.3) is 0 Å². The van der Waals surface area contributed by atoms with E-state index in [9.17, 15) is 4.79 Å². The Morgan fingerprint density at radius 2 is 1.87 bits per heavy atom. The second kappa shape index (κ2) is 11.5. The summed E-state index contributed by atoms with van der Waals surface area (Å²) < 4.78 is 4.85. The monoisotopic (exact) mass is 344 g/mol. The summed E-state index contributed by atoms with van der Waals surface area (Å²) in [6, 6.07) is 0. The van der Waals surface area contributed by atoms with E-state index in [0.29, 0.717) is 16.5 Å². The van der Waals surface area contributed by atoms with Crippen LogP contribution in [0.15, 0.2) is 22.9 Å². The van der Waals surface area contributed by atoms with Crippen molar-refractivity contribution < 1.29 is 9.53 Å². The molecule has 3 atom stereocenters. The lowest BCUT2D eigenvalue weighted by atomic mass is 9.88. The predicted molar refractivity (Wildman–Crippen MR) is 98.2 cm³/mol. The highest BCUT2D eigenvalue weighted by molar-refractivity contribution is 6.31. The van der Waals surface area contributed by atoms with Gasteiger partial charge in [-0.15, -0.1) is 0 Å². The van der Waals surface area contributed by atoms with Crippen LogP contribution >= 0.6 is 11.6 Å². The number of methoxy groups -OCH3 is 1. The van der Waals surface area contributed by atoms with E-state index >= 15 is 0 Å². The Labute approximate surface area is 146 Å². The molecule has 0 spiro atoms. The van der Waals surface area contributed by atoms with Crippen LogP contribution in [0.1, 0.15) is 48.0 Å². The molecule has 0 bridgehead atoms. The van der Waals surface area contributed by atoms with E-state index in [1.165, 1.54) is 7.11 Å². The van der Waals surface area contributed by atoms with Gasteiger partial charge in [0.05, 0.1) is 17.7 Å². The number of piperidine rings is 1. The number of hydrogen-bond acceptors (Lipinski definition) is 4. The summed E-state index contributed by atoms with van der Waals surface area (Å²) >= 11 is 5.96. The van der Waals surface area contributed by atoms with Gasteiger partial charge in [0.2, 0.25) is 0 Å². The van der Waals surface area contributed by atoms with Crippen molar-refractivity contribution in [1.29, 1.82) is 0 Å². The van der Waals surface area contributed by atoms with E-state index in [-0.39, 0.29) is 12.1 Å². The number of allylic oxidation sites excluding steroid dienone is 2. The van der Waals surface area contributed by atoms with E-state index in [4.69, 9.17) is 16.3 Å². The van der Waals surface area contributed by atoms with E-state index in [1.807, 2.05) is 27.7 Å². The van der Waals surface area contributed by atoms with Gasteiger partial charge in [-0.2, -0.15) is 0 Å². The molecule has 0 aliphatic carbocycles. The van der Waals surface area contributed by atoms with E-state index in [1.54, 1.807) is 12.3 Å². The van der Waals surface area contributed by atoms with Gasteiger partial charge in [0.1, 0.15) is 6.17 Å². The van der Waals surface area contributed by atoms with Gasteiger partial charge in [0.15, 0.2) is 0 Å². The second-order valence-electron chi connectivity index (χ2n) is 5.43. The number of hydrogen-bond donors (Lipinski definition) is 1. The first-order chi connectivity index (χ1) is 11.0. The van der Waals surface area contributed by atoms with Gasteiger partial charge in [-0.1, -0.05) is 53.1 Å². The highest BCUT2D eigenvalue weighted by Gasteiger charge is 2.33. The molecule has 3 unspecified atom stereocenters. The Hall–Kier alpha value is -1.00. The molecule has 0 radical (unpaired) electrons. The van der Waals surface area contributed by atoms with Gasteiger partial charge in [-0.25, -0.2) is 4.79 Å². The zero-order chi connectivity index (χ0) is 18.0. The van der Waals surface area contributed by atoms with Crippen LogP contribution in [0.25, 0.3) is 0 Å². The molecule has 0 amide bonds. The smallest absolute Gasteiger partial charge is 0.337 e. The lowest BCUT2D eigenvalue weighted by Gasteiger charge is -2.41. The van der Waals surface area contributed by atoms with Crippen LogP contribution < -0.4 is 5.32 Å². The third-order valence-electron chi connectivity index (χ3n) is 4.12. The fraction of sp³-hybridized carbons (Fsp3) is 0.722. The molecular weight excluding hydrogens is 312 g/mol. The maximum atomic E-state index is 11.9. The second-order valence-corrected chi connectivity index (χ2v) is 5.86. The molecule has 1 saturated heterocycles. The molecule has 0 aromatic rings. The molecule has 0 aromatic heterocycles. The van der Waals surface area contributed by atoms with E-state index in [2.05, 4.69) is 24.1 Å². The Balaban J connectivity index is 0.00000112. The molecule has 4 nitrogen and oxygen atoms in total. The lowest BCUT2D eigenvalue weighted by molar-refractivity contribution is -0.137. The van der Waals surface area contributed by atoms with Crippen molar-refractivity contribution >= 4 is 17.6 Å². The highest BCUT2D eigenvalue weighted by Crippen LogP contribution is 2.27. The van der Waals surface area contributed by atoms with Crippen LogP contribution in [0, 0.1) is 11.8 Å². The first-order valence-corrected chi connectivity index (χ1v) is 9.06. The number of carbonyl (C=O) groups is 1. The molecule has 0 aromatic carbocycles. The topological polar surface area (TPSA) is 41.6 Å². The number of halogens is 1. The standard InChI is InChI=1S/C14H21ClN2O2.2C2H6/c1-9-4-5-17(8-10(9)2)13-12(14(18)19-3)6-11(15)7-16-13;2*1-2/h6-7,9-10,13,16H,4-5,8H2,1-3H3;2*1-2H3. The van der Waals surface area contributed by atoms with Crippen molar-refractivity contribution in [3.63, 3.8) is 0 Å². The zero-order valence-corrected chi connectivity index (χ0v) is 16.4. The van der Waals surface area contributed by atoms with Gasteiger partial charge in [-0.05, 0) is 24.3 Å². The predicted octanol–water partition coefficient (Wildman–Crippen LogP) is 4.13. The summed E-state index contributed by atoms with van der Waals surface area (Å²) in [5.74, 6) is 1.02. The summed E-state index contributed by atoms with van der Waals surface area (Å²) in [6.07, 6.45) is 4.44. The largest absolute Gasteiger partial charge is 0.466 e. The first-order valence-electron chi connectivity index (χ1n) is 8.68. The zero-order valence-electron chi connectivity index (χ0n) is 15.6. The summed E-state index contributed by atoms with van der Waals surface area (Å²) in [4.78, 5) is 14.2. The van der Waals surface area contributed by atoms with Crippen LogP contribution in [0.5, 0.6) is 0 Å². The van der Waals surface area contributed by atoms with Crippen molar-refractivity contribution in [3.8, 4) is 0 Å². The van der Waals surface area contributed by atoms with Gasteiger partial charge < -0.3 is 10.1 Å². The van der Waals surface area contributed by atoms with Crippen molar-refractivity contribution in [2.75, 3.05) is 20.2 Å². The molecule has 5 heteroatoms. The fourth-order valence-corrected chi connectivity index (χ4v) is 2.82. The molecule has 2 heterocycles. The number of likely N-dealkylation sites (tertiary alicyclic amines) is 1. The van der Waals surface area contributed by atoms with E-state index < -0.39 is 0 Å². The molecule has 2 aliphatic rings. The Morgan fingerprint density at radius 3 is 2.39 bits per heavy atom. The Morgan fingerprint density at radius 1 is 1.26 bits per heavy atom. The van der Waals surface area contributed by atoms with Crippen molar-refractivity contribution in [3.05, 3.63) is 22.9 Å². The van der Waals surface area contributed by atoms with E-state index in [0.717, 1.165) is 25.4 Å². The fourth-order valence-electron chi connectivity index (χ4n) is 2.64. The molecule has 0 saturated carbocycles. The highest BCUT2D eigenvalue weighted by atomic mass is 35.5. The van der Waals surface area contributed by atoms with Crippen LogP contribution in [0.3, 0.4) is 0 Å². The SMILES string of the molecule is CC.CC.COC(=O)C1=CC(Cl)=CNC1N1CCC(C)C(C)C1. The number of ether oxygens (including phenoxy) is 1. The van der Waals surface area contributed by atoms with Crippen LogP contribution in [0.2, 0.25) is 0 Å². The Kier molecular flexibility index (Phi) is 11.0. The number of nitrogens with zero attached hydrogens (tertiary/aromatic N) is 1. The first kappa shape index (κ1) is 22.0. The summed E-state index contributed by atoms with van der Waals surface area (Å²) in [6.45, 7) is 14.5. The molecule has 1 fully saturated rings. The van der Waals surface area contributed by atoms with Crippen LogP contribution in [-0.2, 0) is 9.53 Å². The number of rotatable bonds is 2. The minimum Gasteiger partial charge on any atom is -0.466 e. The normalized spacial score (nSPS) is 27.0. The Bertz CT molecular complexity index is 421. The molecular formula is C18H33ClN2O2. The van der Waals surface area contributed by atoms with Crippen molar-refractivity contribution in [1.82, 2.24) is 10.2 Å². The summed E-state index contributed by atoms with van der Waals surface area (Å²) in [5, 5.41) is 3.73. The number of carbonyl (C=O) groups excluding carboxylic acids is 1. The van der Waals surface area contributed by atoms with Gasteiger partial charge in [0, 0.05) is 19.3 Å².